The molecule has 0 radical (unpaired) electrons. The van der Waals surface area contributed by atoms with Gasteiger partial charge in [-0.1, -0.05) is 47.1 Å². The van der Waals surface area contributed by atoms with Gasteiger partial charge in [0, 0.05) is 16.2 Å². The van der Waals surface area contributed by atoms with Crippen molar-refractivity contribution in [3.63, 3.8) is 0 Å². The van der Waals surface area contributed by atoms with Crippen molar-refractivity contribution in [3.05, 3.63) is 52.6 Å². The van der Waals surface area contributed by atoms with Crippen molar-refractivity contribution in [3.8, 4) is 11.3 Å². The summed E-state index contributed by atoms with van der Waals surface area (Å²) in [4.78, 5) is 4.34. The Morgan fingerprint density at radius 1 is 1.13 bits per heavy atom. The second-order valence-corrected chi connectivity index (χ2v) is 4.33. The summed E-state index contributed by atoms with van der Waals surface area (Å²) in [6.07, 6.45) is 2.89. The number of benzene rings is 1. The van der Waals surface area contributed by atoms with E-state index in [4.69, 9.17) is 0 Å². The highest BCUT2D eigenvalue weighted by atomic mass is 79.9. The first-order chi connectivity index (χ1) is 7.29. The highest BCUT2D eigenvalue weighted by Gasteiger charge is 1.99. The second-order valence-electron chi connectivity index (χ2n) is 3.41. The van der Waals surface area contributed by atoms with Crippen LogP contribution < -0.4 is 0 Å². The fourth-order valence-corrected chi connectivity index (χ4v) is 1.81. The number of hydrogen-bond donors (Lipinski definition) is 0. The topological polar surface area (TPSA) is 12.9 Å². The first-order valence-corrected chi connectivity index (χ1v) is 5.80. The highest BCUT2D eigenvalue weighted by molar-refractivity contribution is 9.10. The van der Waals surface area contributed by atoms with Crippen molar-refractivity contribution >= 4 is 15.9 Å². The van der Waals surface area contributed by atoms with Crippen molar-refractivity contribution in [2.24, 2.45) is 0 Å². The molecule has 1 nitrogen and oxygen atoms in total. The third kappa shape index (κ3) is 2.45. The Bertz CT molecular complexity index is 448. The maximum absolute atomic E-state index is 4.34. The summed E-state index contributed by atoms with van der Waals surface area (Å²) in [5.41, 5.74) is 3.52. The number of rotatable bonds is 2. The lowest BCUT2D eigenvalue weighted by atomic mass is 10.1. The zero-order chi connectivity index (χ0) is 10.7. The summed E-state index contributed by atoms with van der Waals surface area (Å²) in [7, 11) is 0. The molecule has 0 N–H and O–H groups in total. The molecule has 0 fully saturated rings. The van der Waals surface area contributed by atoms with E-state index in [9.17, 15) is 0 Å². The quantitative estimate of drug-likeness (QED) is 0.794. The lowest BCUT2D eigenvalue weighted by Gasteiger charge is -2.02. The van der Waals surface area contributed by atoms with Crippen LogP contribution in [0.15, 0.2) is 47.1 Å². The van der Waals surface area contributed by atoms with Crippen molar-refractivity contribution < 1.29 is 0 Å². The van der Waals surface area contributed by atoms with Crippen LogP contribution >= 0.6 is 15.9 Å². The monoisotopic (exact) mass is 261 g/mol. The Morgan fingerprint density at radius 2 is 1.87 bits per heavy atom. The molecule has 0 bridgehead atoms. The molecule has 0 aliphatic rings. The van der Waals surface area contributed by atoms with E-state index in [1.54, 1.807) is 0 Å². The second kappa shape index (κ2) is 4.58. The number of nitrogens with zero attached hydrogens (tertiary/aromatic N) is 1. The lowest BCUT2D eigenvalue weighted by molar-refractivity contribution is 1.14. The Labute approximate surface area is 98.3 Å². The van der Waals surface area contributed by atoms with E-state index in [-0.39, 0.29) is 0 Å². The van der Waals surface area contributed by atoms with Gasteiger partial charge in [-0.2, -0.15) is 0 Å². The van der Waals surface area contributed by atoms with Crippen LogP contribution in [0.25, 0.3) is 11.3 Å². The van der Waals surface area contributed by atoms with Gasteiger partial charge in [0.2, 0.25) is 0 Å². The van der Waals surface area contributed by atoms with Gasteiger partial charge in [0.25, 0.3) is 0 Å². The minimum absolute atomic E-state index is 1.01. The number of aryl methyl sites for hydroxylation is 1. The van der Waals surface area contributed by atoms with Crippen molar-refractivity contribution in [1.29, 1.82) is 0 Å². The minimum Gasteiger partial charge on any atom is -0.256 e. The fourth-order valence-electron chi connectivity index (χ4n) is 1.47. The molecule has 76 valence electrons. The van der Waals surface area contributed by atoms with Crippen LogP contribution in [0.1, 0.15) is 12.5 Å². The molecular formula is C13H12BrN. The van der Waals surface area contributed by atoms with Crippen molar-refractivity contribution in [2.75, 3.05) is 0 Å². The van der Waals surface area contributed by atoms with Gasteiger partial charge < -0.3 is 0 Å². The molecule has 0 amide bonds. The largest absolute Gasteiger partial charge is 0.256 e. The van der Waals surface area contributed by atoms with Gasteiger partial charge >= 0.3 is 0 Å². The van der Waals surface area contributed by atoms with Crippen LogP contribution in [0, 0.1) is 0 Å². The summed E-state index contributed by atoms with van der Waals surface area (Å²) in [6, 6.07) is 12.5. The molecule has 1 aromatic heterocycles. The molecule has 2 aromatic rings. The SMILES string of the molecule is CCc1ccc(-c2cc(Br)ccn2)cc1. The smallest absolute Gasteiger partial charge is 0.0713 e. The molecule has 1 aromatic carbocycles. The Balaban J connectivity index is 2.37. The number of pyridine rings is 1. The molecule has 0 atom stereocenters. The molecule has 0 aliphatic heterocycles. The zero-order valence-electron chi connectivity index (χ0n) is 8.57. The van der Waals surface area contributed by atoms with Crippen molar-refractivity contribution in [2.45, 2.75) is 13.3 Å². The van der Waals surface area contributed by atoms with Crippen LogP contribution in [0.2, 0.25) is 0 Å². The predicted molar refractivity (Wildman–Crippen MR) is 66.8 cm³/mol. The molecule has 0 saturated heterocycles. The van der Waals surface area contributed by atoms with Gasteiger partial charge in [0.05, 0.1) is 5.69 Å². The van der Waals surface area contributed by atoms with E-state index < -0.39 is 0 Å². The molecule has 2 heteroatoms. The van der Waals surface area contributed by atoms with Crippen LogP contribution in [0.3, 0.4) is 0 Å². The van der Waals surface area contributed by atoms with Crippen LogP contribution in [0.4, 0.5) is 0 Å². The fraction of sp³-hybridized carbons (Fsp3) is 0.154. The summed E-state index contributed by atoms with van der Waals surface area (Å²) in [5.74, 6) is 0. The van der Waals surface area contributed by atoms with Gasteiger partial charge in [0.15, 0.2) is 0 Å². The molecule has 0 unspecified atom stereocenters. The third-order valence-electron chi connectivity index (χ3n) is 2.38. The number of aromatic nitrogens is 1. The number of hydrogen-bond acceptors (Lipinski definition) is 1. The first-order valence-electron chi connectivity index (χ1n) is 5.00. The molecule has 0 saturated carbocycles. The molecule has 0 spiro atoms. The zero-order valence-corrected chi connectivity index (χ0v) is 10.2. The molecule has 0 aliphatic carbocycles. The lowest BCUT2D eigenvalue weighted by Crippen LogP contribution is -1.84. The van der Waals surface area contributed by atoms with E-state index in [0.29, 0.717) is 0 Å². The van der Waals surface area contributed by atoms with E-state index in [1.807, 2.05) is 18.3 Å². The van der Waals surface area contributed by atoms with Gasteiger partial charge in [-0.25, -0.2) is 0 Å². The average molecular weight is 262 g/mol. The third-order valence-corrected chi connectivity index (χ3v) is 2.87. The van der Waals surface area contributed by atoms with Crippen LogP contribution in [-0.4, -0.2) is 4.98 Å². The summed E-state index contributed by atoms with van der Waals surface area (Å²) < 4.78 is 1.06. The average Bonchev–Trinajstić information content (AvgIpc) is 2.29. The van der Waals surface area contributed by atoms with E-state index in [1.165, 1.54) is 5.56 Å². The van der Waals surface area contributed by atoms with E-state index in [0.717, 1.165) is 22.2 Å². The first kappa shape index (κ1) is 10.4. The summed E-state index contributed by atoms with van der Waals surface area (Å²) in [6.45, 7) is 2.16. The maximum Gasteiger partial charge on any atom is 0.0713 e. The van der Waals surface area contributed by atoms with Gasteiger partial charge in [-0.3, -0.25) is 4.98 Å². The standard InChI is InChI=1S/C13H12BrN/c1-2-10-3-5-11(6-4-10)13-9-12(14)7-8-15-13/h3-9H,2H2,1H3. The van der Waals surface area contributed by atoms with Crippen LogP contribution in [-0.2, 0) is 6.42 Å². The van der Waals surface area contributed by atoms with Crippen molar-refractivity contribution in [1.82, 2.24) is 4.98 Å². The summed E-state index contributed by atoms with van der Waals surface area (Å²) in [5, 5.41) is 0. The molecular weight excluding hydrogens is 250 g/mol. The Morgan fingerprint density at radius 3 is 2.47 bits per heavy atom. The normalized spacial score (nSPS) is 10.3. The highest BCUT2D eigenvalue weighted by Crippen LogP contribution is 2.20. The van der Waals surface area contributed by atoms with Gasteiger partial charge in [0.1, 0.15) is 0 Å². The number of halogens is 1. The molecule has 15 heavy (non-hydrogen) atoms. The van der Waals surface area contributed by atoms with Gasteiger partial charge in [-0.05, 0) is 24.1 Å². The van der Waals surface area contributed by atoms with Crippen LogP contribution in [0.5, 0.6) is 0 Å². The Hall–Kier alpha value is -1.15. The minimum atomic E-state index is 1.01. The van der Waals surface area contributed by atoms with Gasteiger partial charge in [-0.15, -0.1) is 0 Å². The van der Waals surface area contributed by atoms with E-state index >= 15 is 0 Å². The maximum atomic E-state index is 4.34. The van der Waals surface area contributed by atoms with E-state index in [2.05, 4.69) is 52.1 Å². The summed E-state index contributed by atoms with van der Waals surface area (Å²) >= 11 is 3.45. The molecule has 2 rings (SSSR count). The predicted octanol–water partition coefficient (Wildman–Crippen LogP) is 4.07. The molecule has 1 heterocycles. The Kier molecular flexibility index (Phi) is 3.17.